The van der Waals surface area contributed by atoms with E-state index in [2.05, 4.69) is 10.6 Å². The third-order valence-corrected chi connectivity index (χ3v) is 4.60. The number of nitrogens with zero attached hydrogens (tertiary/aromatic N) is 1. The van der Waals surface area contributed by atoms with E-state index in [1.807, 2.05) is 55.4 Å². The monoisotopic (exact) mass is 415 g/mol. The highest BCUT2D eigenvalue weighted by Crippen LogP contribution is 2.24. The lowest BCUT2D eigenvalue weighted by Gasteiger charge is -2.14. The number of amides is 2. The molecule has 0 saturated heterocycles. The maximum absolute atomic E-state index is 13.1. The van der Waals surface area contributed by atoms with E-state index in [1.54, 1.807) is 48.5 Å². The lowest BCUT2D eigenvalue weighted by atomic mass is 10.1. The van der Waals surface area contributed by atoms with Crippen molar-refractivity contribution >= 4 is 29.3 Å². The fourth-order valence-electron chi connectivity index (χ4n) is 2.92. The summed E-state index contributed by atoms with van der Waals surface area (Å²) < 4.78 is 5.30. The Hall–Kier alpha value is -4.06. The molecule has 0 atom stereocenters. The minimum atomic E-state index is -0.453. The van der Waals surface area contributed by atoms with Gasteiger partial charge < -0.3 is 20.3 Å². The minimum Gasteiger partial charge on any atom is -0.495 e. The van der Waals surface area contributed by atoms with Gasteiger partial charge in [0.15, 0.2) is 0 Å². The summed E-state index contributed by atoms with van der Waals surface area (Å²) in [4.78, 5) is 27.8. The molecule has 0 unspecified atom stereocenters. The lowest BCUT2D eigenvalue weighted by molar-refractivity contribution is -0.113. The zero-order valence-corrected chi connectivity index (χ0v) is 17.8. The summed E-state index contributed by atoms with van der Waals surface area (Å²) in [6.45, 7) is 0. The topological polar surface area (TPSA) is 70.7 Å². The van der Waals surface area contributed by atoms with Crippen LogP contribution in [0.5, 0.6) is 5.75 Å². The second-order valence-corrected chi connectivity index (χ2v) is 7.02. The molecule has 0 aliphatic carbocycles. The summed E-state index contributed by atoms with van der Waals surface area (Å²) in [5.74, 6) is -0.294. The molecule has 3 rings (SSSR count). The molecule has 0 aliphatic heterocycles. The van der Waals surface area contributed by atoms with Crippen molar-refractivity contribution in [2.24, 2.45) is 0 Å². The molecule has 0 fully saturated rings. The standard InChI is InChI=1S/C25H25N3O3/c1-28(2)20-15-13-18(14-16-20)17-22(27-24(29)19-9-5-4-6-10-19)25(30)26-21-11-7-8-12-23(21)31-3/h4-17H,1-3H3,(H,26,30)(H,27,29)/b22-17+. The van der Waals surface area contributed by atoms with Gasteiger partial charge in [-0.15, -0.1) is 0 Å². The highest BCUT2D eigenvalue weighted by molar-refractivity contribution is 6.11. The van der Waals surface area contributed by atoms with Crippen LogP contribution >= 0.6 is 0 Å². The Bertz CT molecular complexity index is 1070. The van der Waals surface area contributed by atoms with Crippen LogP contribution in [0.25, 0.3) is 6.08 Å². The van der Waals surface area contributed by atoms with Crippen molar-refractivity contribution in [1.29, 1.82) is 0 Å². The van der Waals surface area contributed by atoms with Crippen LogP contribution in [-0.4, -0.2) is 33.0 Å². The van der Waals surface area contributed by atoms with Gasteiger partial charge in [-0.25, -0.2) is 0 Å². The smallest absolute Gasteiger partial charge is 0.272 e. The number of hydrogen-bond acceptors (Lipinski definition) is 4. The van der Waals surface area contributed by atoms with Crippen LogP contribution in [-0.2, 0) is 4.79 Å². The van der Waals surface area contributed by atoms with Crippen LogP contribution in [0.2, 0.25) is 0 Å². The third-order valence-electron chi connectivity index (χ3n) is 4.60. The van der Waals surface area contributed by atoms with Crippen molar-refractivity contribution in [2.45, 2.75) is 0 Å². The Labute approximate surface area is 182 Å². The Kier molecular flexibility index (Phi) is 7.06. The van der Waals surface area contributed by atoms with Gasteiger partial charge in [0, 0.05) is 25.3 Å². The Morgan fingerprint density at radius 2 is 1.52 bits per heavy atom. The molecule has 2 N–H and O–H groups in total. The first-order valence-electron chi connectivity index (χ1n) is 9.78. The first-order valence-corrected chi connectivity index (χ1v) is 9.78. The van der Waals surface area contributed by atoms with Gasteiger partial charge in [-0.3, -0.25) is 9.59 Å². The molecular formula is C25H25N3O3. The van der Waals surface area contributed by atoms with E-state index in [1.165, 1.54) is 7.11 Å². The van der Waals surface area contributed by atoms with Gasteiger partial charge in [-0.1, -0.05) is 42.5 Å². The Balaban J connectivity index is 1.91. The number of benzene rings is 3. The van der Waals surface area contributed by atoms with Crippen molar-refractivity contribution in [2.75, 3.05) is 31.4 Å². The van der Waals surface area contributed by atoms with E-state index < -0.39 is 5.91 Å². The van der Waals surface area contributed by atoms with Gasteiger partial charge in [-0.2, -0.15) is 0 Å². The number of methoxy groups -OCH3 is 1. The number of nitrogens with one attached hydrogen (secondary N) is 2. The summed E-state index contributed by atoms with van der Waals surface area (Å²) in [7, 11) is 5.44. The van der Waals surface area contributed by atoms with Gasteiger partial charge in [-0.05, 0) is 48.0 Å². The van der Waals surface area contributed by atoms with Crippen molar-refractivity contribution in [1.82, 2.24) is 5.32 Å². The molecule has 6 heteroatoms. The largest absolute Gasteiger partial charge is 0.495 e. The summed E-state index contributed by atoms with van der Waals surface area (Å²) >= 11 is 0. The van der Waals surface area contributed by atoms with Gasteiger partial charge in [0.2, 0.25) is 0 Å². The Morgan fingerprint density at radius 3 is 2.16 bits per heavy atom. The van der Waals surface area contributed by atoms with E-state index in [4.69, 9.17) is 4.74 Å². The van der Waals surface area contributed by atoms with E-state index in [9.17, 15) is 9.59 Å². The molecule has 2 amide bonds. The van der Waals surface area contributed by atoms with Crippen molar-refractivity contribution in [3.63, 3.8) is 0 Å². The van der Waals surface area contributed by atoms with Crippen LogP contribution < -0.4 is 20.3 Å². The molecular weight excluding hydrogens is 390 g/mol. The second kappa shape index (κ2) is 10.1. The van der Waals surface area contributed by atoms with Crippen LogP contribution in [0.4, 0.5) is 11.4 Å². The SMILES string of the molecule is COc1ccccc1NC(=O)/C(=C\c1ccc(N(C)C)cc1)NC(=O)c1ccccc1. The zero-order chi connectivity index (χ0) is 22.2. The first-order chi connectivity index (χ1) is 15.0. The molecule has 0 radical (unpaired) electrons. The molecule has 0 aromatic heterocycles. The quantitative estimate of drug-likeness (QED) is 0.568. The highest BCUT2D eigenvalue weighted by atomic mass is 16.5. The number of anilines is 2. The van der Waals surface area contributed by atoms with Gasteiger partial charge in [0.05, 0.1) is 12.8 Å². The predicted octanol–water partition coefficient (Wildman–Crippen LogP) is 4.17. The maximum atomic E-state index is 13.1. The molecule has 31 heavy (non-hydrogen) atoms. The third kappa shape index (κ3) is 5.73. The van der Waals surface area contributed by atoms with Crippen LogP contribution in [0, 0.1) is 0 Å². The molecule has 0 spiro atoms. The summed E-state index contributed by atoms with van der Waals surface area (Å²) in [5.41, 5.74) is 2.91. The molecule has 0 aliphatic rings. The molecule has 3 aromatic carbocycles. The molecule has 6 nitrogen and oxygen atoms in total. The van der Waals surface area contributed by atoms with Gasteiger partial charge >= 0.3 is 0 Å². The van der Waals surface area contributed by atoms with Crippen LogP contribution in [0.15, 0.2) is 84.6 Å². The van der Waals surface area contributed by atoms with Gasteiger partial charge in [0.1, 0.15) is 11.4 Å². The zero-order valence-electron chi connectivity index (χ0n) is 17.8. The molecule has 0 saturated carbocycles. The summed E-state index contributed by atoms with van der Waals surface area (Å²) in [6, 6.07) is 23.5. The molecule has 158 valence electrons. The summed E-state index contributed by atoms with van der Waals surface area (Å²) in [6.07, 6.45) is 1.64. The fraction of sp³-hybridized carbons (Fsp3) is 0.120. The molecule has 0 bridgehead atoms. The number of rotatable bonds is 7. The number of carbonyl (C=O) groups is 2. The number of carbonyl (C=O) groups excluding carboxylic acids is 2. The lowest BCUT2D eigenvalue weighted by Crippen LogP contribution is -2.30. The summed E-state index contributed by atoms with van der Waals surface area (Å²) in [5, 5.41) is 5.55. The first kappa shape index (κ1) is 21.6. The normalized spacial score (nSPS) is 10.9. The molecule has 3 aromatic rings. The maximum Gasteiger partial charge on any atom is 0.272 e. The predicted molar refractivity (Wildman–Crippen MR) is 124 cm³/mol. The average Bonchev–Trinajstić information content (AvgIpc) is 2.79. The van der Waals surface area contributed by atoms with E-state index >= 15 is 0 Å². The second-order valence-electron chi connectivity index (χ2n) is 7.02. The van der Waals surface area contributed by atoms with E-state index in [-0.39, 0.29) is 11.6 Å². The van der Waals surface area contributed by atoms with Crippen LogP contribution in [0.3, 0.4) is 0 Å². The highest BCUT2D eigenvalue weighted by Gasteiger charge is 2.16. The van der Waals surface area contributed by atoms with Crippen molar-refractivity contribution in [3.8, 4) is 5.75 Å². The fourth-order valence-corrected chi connectivity index (χ4v) is 2.92. The van der Waals surface area contributed by atoms with Gasteiger partial charge in [0.25, 0.3) is 11.8 Å². The average molecular weight is 415 g/mol. The van der Waals surface area contributed by atoms with E-state index in [0.29, 0.717) is 17.0 Å². The Morgan fingerprint density at radius 1 is 0.871 bits per heavy atom. The minimum absolute atomic E-state index is 0.123. The van der Waals surface area contributed by atoms with E-state index in [0.717, 1.165) is 11.3 Å². The molecule has 0 heterocycles. The number of ether oxygens (including phenoxy) is 1. The van der Waals surface area contributed by atoms with Crippen LogP contribution in [0.1, 0.15) is 15.9 Å². The number of hydrogen-bond donors (Lipinski definition) is 2. The van der Waals surface area contributed by atoms with Crippen molar-refractivity contribution < 1.29 is 14.3 Å². The van der Waals surface area contributed by atoms with Crippen molar-refractivity contribution in [3.05, 3.63) is 95.7 Å². The number of para-hydroxylation sites is 2.